The molecule has 2 rings (SSSR count). The Kier molecular flexibility index (Phi) is 3.13. The Morgan fingerprint density at radius 1 is 1.12 bits per heavy atom. The van der Waals surface area contributed by atoms with E-state index in [1.807, 2.05) is 0 Å². The highest BCUT2D eigenvalue weighted by Gasteiger charge is 2.28. The minimum atomic E-state index is 0.103. The van der Waals surface area contributed by atoms with E-state index in [4.69, 9.17) is 4.99 Å². The van der Waals surface area contributed by atoms with Gasteiger partial charge in [-0.15, -0.1) is 0 Å². The van der Waals surface area contributed by atoms with Crippen molar-refractivity contribution in [1.82, 2.24) is 0 Å². The largest absolute Gasteiger partial charge is 0.293 e. The summed E-state index contributed by atoms with van der Waals surface area (Å²) < 4.78 is 0. The zero-order chi connectivity index (χ0) is 11.6. The van der Waals surface area contributed by atoms with Gasteiger partial charge in [-0.05, 0) is 37.3 Å². The van der Waals surface area contributed by atoms with Gasteiger partial charge in [0.05, 0.1) is 0 Å². The number of aliphatic imine (C=N–C) groups is 1. The van der Waals surface area contributed by atoms with Gasteiger partial charge in [0.15, 0.2) is 0 Å². The Morgan fingerprint density at radius 3 is 2.50 bits per heavy atom. The smallest absolute Gasteiger partial charge is 0.0389 e. The molecule has 16 heavy (non-hydrogen) atoms. The summed E-state index contributed by atoms with van der Waals surface area (Å²) in [5, 5.41) is 0. The summed E-state index contributed by atoms with van der Waals surface area (Å²) in [6, 6.07) is 8.68. The summed E-state index contributed by atoms with van der Waals surface area (Å²) in [5.41, 5.74) is 4.29. The second-order valence-electron chi connectivity index (χ2n) is 5.23. The van der Waals surface area contributed by atoms with Gasteiger partial charge in [-0.2, -0.15) is 0 Å². The maximum Gasteiger partial charge on any atom is 0.0389 e. The number of nitrogens with zero attached hydrogens (tertiary/aromatic N) is 1. The van der Waals surface area contributed by atoms with Crippen LogP contribution in [-0.4, -0.2) is 12.3 Å². The first-order chi connectivity index (χ1) is 7.62. The summed E-state index contributed by atoms with van der Waals surface area (Å²) in [7, 11) is 0. The van der Waals surface area contributed by atoms with Crippen LogP contribution in [0, 0.1) is 6.92 Å². The van der Waals surface area contributed by atoms with E-state index in [2.05, 4.69) is 45.0 Å². The maximum absolute atomic E-state index is 4.74. The highest BCUT2D eigenvalue weighted by atomic mass is 14.8. The van der Waals surface area contributed by atoms with Gasteiger partial charge >= 0.3 is 0 Å². The van der Waals surface area contributed by atoms with E-state index in [0.717, 1.165) is 6.54 Å². The monoisotopic (exact) mass is 215 g/mol. The van der Waals surface area contributed by atoms with Gasteiger partial charge in [-0.25, -0.2) is 0 Å². The molecule has 1 aliphatic rings. The maximum atomic E-state index is 4.74. The van der Waals surface area contributed by atoms with E-state index in [0.29, 0.717) is 0 Å². The highest BCUT2D eigenvalue weighted by Crippen LogP contribution is 2.31. The van der Waals surface area contributed by atoms with Crippen molar-refractivity contribution < 1.29 is 0 Å². The van der Waals surface area contributed by atoms with Gasteiger partial charge in [0, 0.05) is 17.7 Å². The molecule has 1 aliphatic heterocycles. The molecule has 0 amide bonds. The molecular formula is C15H21N. The van der Waals surface area contributed by atoms with Crippen LogP contribution >= 0.6 is 0 Å². The predicted octanol–water partition coefficient (Wildman–Crippen LogP) is 3.90. The molecule has 0 aliphatic carbocycles. The Labute approximate surface area is 98.6 Å². The number of hydrogen-bond donors (Lipinski definition) is 0. The molecule has 0 saturated carbocycles. The summed E-state index contributed by atoms with van der Waals surface area (Å²) in [5.74, 6) is 0. The van der Waals surface area contributed by atoms with E-state index in [1.54, 1.807) is 0 Å². The van der Waals surface area contributed by atoms with Crippen molar-refractivity contribution >= 4 is 5.71 Å². The fraction of sp³-hybridized carbons (Fsp3) is 0.533. The normalized spacial score (nSPS) is 17.1. The average Bonchev–Trinajstić information content (AvgIpc) is 2.30. The molecule has 0 aromatic heterocycles. The molecule has 0 radical (unpaired) electrons. The van der Waals surface area contributed by atoms with Crippen molar-refractivity contribution in [1.29, 1.82) is 0 Å². The van der Waals surface area contributed by atoms with E-state index >= 15 is 0 Å². The van der Waals surface area contributed by atoms with Gasteiger partial charge in [0.1, 0.15) is 0 Å². The standard InChI is InChI=1S/C15H21N/c1-12-8-4-5-9-13(12)15(2,3)14-10-6-7-11-16-14/h4-5,8-9H,6-7,10-11H2,1-3H3. The highest BCUT2D eigenvalue weighted by molar-refractivity contribution is 5.94. The number of aryl methyl sites for hydroxylation is 1. The van der Waals surface area contributed by atoms with Crippen LogP contribution in [-0.2, 0) is 5.41 Å². The van der Waals surface area contributed by atoms with Crippen molar-refractivity contribution in [2.75, 3.05) is 6.54 Å². The summed E-state index contributed by atoms with van der Waals surface area (Å²) in [4.78, 5) is 4.74. The minimum Gasteiger partial charge on any atom is -0.293 e. The van der Waals surface area contributed by atoms with Crippen LogP contribution < -0.4 is 0 Å². The molecule has 0 atom stereocenters. The van der Waals surface area contributed by atoms with Crippen molar-refractivity contribution in [3.05, 3.63) is 35.4 Å². The fourth-order valence-electron chi connectivity index (χ4n) is 2.64. The summed E-state index contributed by atoms with van der Waals surface area (Å²) in [6.07, 6.45) is 3.73. The Bertz CT molecular complexity index is 402. The van der Waals surface area contributed by atoms with Crippen molar-refractivity contribution in [3.8, 4) is 0 Å². The molecular weight excluding hydrogens is 194 g/mol. The van der Waals surface area contributed by atoms with Crippen LogP contribution in [0.2, 0.25) is 0 Å². The van der Waals surface area contributed by atoms with Crippen LogP contribution in [0.5, 0.6) is 0 Å². The Balaban J connectivity index is 2.38. The van der Waals surface area contributed by atoms with Gasteiger partial charge in [-0.1, -0.05) is 38.1 Å². The van der Waals surface area contributed by atoms with Gasteiger partial charge in [-0.3, -0.25) is 4.99 Å². The molecule has 0 unspecified atom stereocenters. The zero-order valence-electron chi connectivity index (χ0n) is 10.6. The van der Waals surface area contributed by atoms with Crippen molar-refractivity contribution in [2.24, 2.45) is 4.99 Å². The van der Waals surface area contributed by atoms with Crippen LogP contribution in [0.1, 0.15) is 44.2 Å². The van der Waals surface area contributed by atoms with E-state index in [9.17, 15) is 0 Å². The molecule has 0 saturated heterocycles. The lowest BCUT2D eigenvalue weighted by atomic mass is 9.75. The first kappa shape index (κ1) is 11.4. The fourth-order valence-corrected chi connectivity index (χ4v) is 2.64. The Morgan fingerprint density at radius 2 is 1.88 bits per heavy atom. The van der Waals surface area contributed by atoms with Crippen LogP contribution in [0.3, 0.4) is 0 Å². The zero-order valence-corrected chi connectivity index (χ0v) is 10.6. The lowest BCUT2D eigenvalue weighted by molar-refractivity contribution is 0.637. The lowest BCUT2D eigenvalue weighted by Crippen LogP contribution is -2.31. The quantitative estimate of drug-likeness (QED) is 0.709. The number of benzene rings is 1. The van der Waals surface area contributed by atoms with Crippen LogP contribution in [0.15, 0.2) is 29.3 Å². The predicted molar refractivity (Wildman–Crippen MR) is 70.4 cm³/mol. The third-order valence-corrected chi connectivity index (χ3v) is 3.66. The second kappa shape index (κ2) is 4.40. The lowest BCUT2D eigenvalue weighted by Gasteiger charge is -2.31. The summed E-state index contributed by atoms with van der Waals surface area (Å²) in [6.45, 7) is 7.82. The van der Waals surface area contributed by atoms with Gasteiger partial charge < -0.3 is 0 Å². The van der Waals surface area contributed by atoms with Crippen molar-refractivity contribution in [2.45, 2.75) is 45.4 Å². The molecule has 86 valence electrons. The summed E-state index contributed by atoms with van der Waals surface area (Å²) >= 11 is 0. The van der Waals surface area contributed by atoms with Crippen molar-refractivity contribution in [3.63, 3.8) is 0 Å². The van der Waals surface area contributed by atoms with E-state index in [1.165, 1.54) is 36.1 Å². The van der Waals surface area contributed by atoms with Gasteiger partial charge in [0.25, 0.3) is 0 Å². The topological polar surface area (TPSA) is 12.4 Å². The van der Waals surface area contributed by atoms with Crippen LogP contribution in [0.4, 0.5) is 0 Å². The van der Waals surface area contributed by atoms with E-state index < -0.39 is 0 Å². The molecule has 0 N–H and O–H groups in total. The first-order valence-electron chi connectivity index (χ1n) is 6.22. The Hall–Kier alpha value is -1.11. The SMILES string of the molecule is Cc1ccccc1C(C)(C)C1=NCCCC1. The minimum absolute atomic E-state index is 0.103. The van der Waals surface area contributed by atoms with E-state index in [-0.39, 0.29) is 5.41 Å². The first-order valence-corrected chi connectivity index (χ1v) is 6.22. The third-order valence-electron chi connectivity index (χ3n) is 3.66. The second-order valence-corrected chi connectivity index (χ2v) is 5.23. The average molecular weight is 215 g/mol. The number of hydrogen-bond acceptors (Lipinski definition) is 1. The number of rotatable bonds is 2. The molecule has 0 bridgehead atoms. The van der Waals surface area contributed by atoms with Crippen LogP contribution in [0.25, 0.3) is 0 Å². The molecule has 1 nitrogen and oxygen atoms in total. The molecule has 1 aromatic rings. The third kappa shape index (κ3) is 2.04. The molecule has 1 aromatic carbocycles. The molecule has 1 heterocycles. The molecule has 0 spiro atoms. The van der Waals surface area contributed by atoms with Gasteiger partial charge in [0.2, 0.25) is 0 Å². The molecule has 1 heteroatoms. The molecule has 0 fully saturated rings.